The van der Waals surface area contributed by atoms with Crippen molar-refractivity contribution < 1.29 is 35.8 Å². The number of halogens is 7. The Labute approximate surface area is 230 Å². The summed E-state index contributed by atoms with van der Waals surface area (Å²) in [6.07, 6.45) is 2.25. The van der Waals surface area contributed by atoms with E-state index in [1.54, 1.807) is 0 Å². The molecule has 41 heavy (non-hydrogen) atoms. The number of nitrogens with zero attached hydrogens (tertiary/aromatic N) is 9. The second-order valence-corrected chi connectivity index (χ2v) is 8.83. The molecule has 5 aromatic rings. The van der Waals surface area contributed by atoms with Crippen LogP contribution in [0.3, 0.4) is 0 Å². The summed E-state index contributed by atoms with van der Waals surface area (Å²) < 4.78 is 88.0. The number of aromatic nitrogens is 9. The summed E-state index contributed by atoms with van der Waals surface area (Å²) in [7, 11) is 0. The maximum atomic E-state index is 15.3. The summed E-state index contributed by atoms with van der Waals surface area (Å²) in [6.45, 7) is -3.48. The minimum atomic E-state index is -4.80. The van der Waals surface area contributed by atoms with E-state index in [0.717, 1.165) is 12.3 Å². The van der Waals surface area contributed by atoms with E-state index in [-0.39, 0.29) is 34.0 Å². The molecule has 11 nitrogen and oxygen atoms in total. The van der Waals surface area contributed by atoms with Crippen LogP contribution < -0.4 is 4.73 Å². The highest BCUT2D eigenvalue weighted by Crippen LogP contribution is 2.35. The lowest BCUT2D eigenvalue weighted by molar-refractivity contribution is -0.615. The zero-order valence-corrected chi connectivity index (χ0v) is 21.1. The van der Waals surface area contributed by atoms with E-state index in [0.29, 0.717) is 21.3 Å². The topological polar surface area (TPSA) is 115 Å². The number of hydrogen-bond donors (Lipinski definition) is 0. The molecule has 0 fully saturated rings. The molecule has 4 heterocycles. The molecule has 0 aliphatic rings. The van der Waals surface area contributed by atoms with Crippen LogP contribution in [0, 0.1) is 11.0 Å². The van der Waals surface area contributed by atoms with Crippen molar-refractivity contribution in [3.8, 4) is 22.5 Å². The van der Waals surface area contributed by atoms with Gasteiger partial charge in [0.05, 0.1) is 47.0 Å². The summed E-state index contributed by atoms with van der Waals surface area (Å²) in [4.78, 5) is 3.84. The van der Waals surface area contributed by atoms with Crippen molar-refractivity contribution in [1.29, 1.82) is 0 Å². The highest BCUT2D eigenvalue weighted by molar-refractivity contribution is 6.31. The molecule has 0 N–H and O–H groups in total. The number of benzene rings is 1. The molecule has 5 rings (SSSR count). The van der Waals surface area contributed by atoms with Gasteiger partial charge in [-0.25, -0.2) is 18.7 Å². The number of rotatable bonds is 9. The van der Waals surface area contributed by atoms with Crippen LogP contribution in [0.2, 0.25) is 5.02 Å². The highest BCUT2D eigenvalue weighted by Gasteiger charge is 2.35. The molecule has 0 radical (unpaired) electrons. The van der Waals surface area contributed by atoms with Gasteiger partial charge in [0.25, 0.3) is 0 Å². The number of pyridine rings is 1. The van der Waals surface area contributed by atoms with E-state index >= 15 is 4.39 Å². The maximum absolute atomic E-state index is 15.3. The first-order valence-corrected chi connectivity index (χ1v) is 11.9. The Bertz CT molecular complexity index is 1660. The van der Waals surface area contributed by atoms with E-state index in [1.165, 1.54) is 52.6 Å². The number of alkyl halides is 5. The molecular weight excluding hydrogens is 584 g/mol. The van der Waals surface area contributed by atoms with Gasteiger partial charge in [0.2, 0.25) is 5.69 Å². The highest BCUT2D eigenvalue weighted by atomic mass is 35.5. The summed E-state index contributed by atoms with van der Waals surface area (Å²) in [5.41, 5.74) is -1.39. The molecule has 4 aromatic heterocycles. The quantitative estimate of drug-likeness (QED) is 0.140. The largest absolute Gasteiger partial charge is 0.618 e. The minimum absolute atomic E-state index is 0.0176. The van der Waals surface area contributed by atoms with E-state index in [2.05, 4.69) is 30.2 Å². The molecule has 0 unspecified atom stereocenters. The van der Waals surface area contributed by atoms with Crippen LogP contribution in [0.1, 0.15) is 23.9 Å². The molecule has 0 saturated carbocycles. The van der Waals surface area contributed by atoms with E-state index in [9.17, 15) is 27.2 Å². The second-order valence-electron chi connectivity index (χ2n) is 8.42. The van der Waals surface area contributed by atoms with Crippen LogP contribution in [0.4, 0.5) is 26.3 Å². The molecule has 0 saturated heterocycles. The summed E-state index contributed by atoms with van der Waals surface area (Å²) in [6, 6.07) is 4.04. The minimum Gasteiger partial charge on any atom is -0.618 e. The monoisotopic (exact) mass is 599 g/mol. The molecule has 0 bridgehead atoms. The molecular formula is C23H16ClF6N9O2. The second kappa shape index (κ2) is 11.2. The van der Waals surface area contributed by atoms with Crippen LogP contribution in [0.25, 0.3) is 22.5 Å². The lowest BCUT2D eigenvalue weighted by Crippen LogP contribution is -2.36. The average Bonchev–Trinajstić information content (AvgIpc) is 3.70. The van der Waals surface area contributed by atoms with Crippen LogP contribution in [0.15, 0.2) is 61.7 Å². The van der Waals surface area contributed by atoms with Crippen molar-refractivity contribution in [3.05, 3.63) is 89.1 Å². The van der Waals surface area contributed by atoms with Crippen molar-refractivity contribution in [3.63, 3.8) is 0 Å². The zero-order valence-electron chi connectivity index (χ0n) is 20.3. The zero-order chi connectivity index (χ0) is 29.3. The summed E-state index contributed by atoms with van der Waals surface area (Å²) >= 11 is 5.95. The fourth-order valence-electron chi connectivity index (χ4n) is 4.06. The van der Waals surface area contributed by atoms with Gasteiger partial charge in [-0.3, -0.25) is 4.68 Å². The van der Waals surface area contributed by atoms with Gasteiger partial charge in [0.1, 0.15) is 24.4 Å². The van der Waals surface area contributed by atoms with Crippen molar-refractivity contribution in [1.82, 2.24) is 39.5 Å². The van der Waals surface area contributed by atoms with E-state index < -0.39 is 36.9 Å². The van der Waals surface area contributed by atoms with Crippen LogP contribution in [0.5, 0.6) is 0 Å². The van der Waals surface area contributed by atoms with E-state index in [4.69, 9.17) is 11.6 Å². The SMILES string of the molecule is [O-][n+]1cc(-c2c(-n3cc(C(F)(F)F)nn3)ccc(Cl)c2F)ccc1[C@@H](CCOC(F)F)n1cc(-n2cncn2)cn1. The van der Waals surface area contributed by atoms with Gasteiger partial charge in [-0.15, -0.1) is 5.10 Å². The third-order valence-corrected chi connectivity index (χ3v) is 6.20. The van der Waals surface area contributed by atoms with Crippen molar-refractivity contribution in [2.24, 2.45) is 0 Å². The molecule has 18 heteroatoms. The maximum Gasteiger partial charge on any atom is 0.436 e. The average molecular weight is 600 g/mol. The predicted molar refractivity (Wildman–Crippen MR) is 128 cm³/mol. The molecule has 0 amide bonds. The first kappa shape index (κ1) is 28.0. The number of hydrogen-bond acceptors (Lipinski definition) is 7. The van der Waals surface area contributed by atoms with Crippen molar-refractivity contribution >= 4 is 11.6 Å². The Balaban J connectivity index is 1.55. The van der Waals surface area contributed by atoms with Crippen molar-refractivity contribution in [2.45, 2.75) is 25.3 Å². The van der Waals surface area contributed by atoms with Crippen LogP contribution in [-0.2, 0) is 10.9 Å². The lowest BCUT2D eigenvalue weighted by Gasteiger charge is -2.18. The Morgan fingerprint density at radius 2 is 1.88 bits per heavy atom. The van der Waals surface area contributed by atoms with Crippen LogP contribution in [-0.4, -0.2) is 52.8 Å². The van der Waals surface area contributed by atoms with Gasteiger partial charge in [0, 0.05) is 12.5 Å². The first-order chi connectivity index (χ1) is 19.5. The smallest absolute Gasteiger partial charge is 0.436 e. The Hall–Kier alpha value is -4.51. The van der Waals surface area contributed by atoms with Gasteiger partial charge < -0.3 is 9.94 Å². The predicted octanol–water partition coefficient (Wildman–Crippen LogP) is 4.37. The Morgan fingerprint density at radius 1 is 1.07 bits per heavy atom. The van der Waals surface area contributed by atoms with Gasteiger partial charge in [-0.05, 0) is 18.2 Å². The lowest BCUT2D eigenvalue weighted by atomic mass is 10.0. The standard InChI is InChI=1S/C23H16ClF6N9O2/c24-15-2-4-18(37-10-19(34-35-37)23(28,29)30)20(21(15)25)13-1-3-17(39(40)8-13)16(5-6-41-22(26)27)36-9-14(7-32-36)38-12-31-11-33-38/h1-4,7-12,16,22H,5-6H2/t16-/m1/s1. The normalized spacial score (nSPS) is 12.8. The van der Waals surface area contributed by atoms with Crippen LogP contribution >= 0.6 is 11.6 Å². The number of ether oxygens (including phenoxy) is 1. The molecule has 0 spiro atoms. The van der Waals surface area contributed by atoms with Gasteiger partial charge in [-0.1, -0.05) is 16.8 Å². The van der Waals surface area contributed by atoms with Crippen molar-refractivity contribution in [2.75, 3.05) is 6.61 Å². The van der Waals surface area contributed by atoms with Gasteiger partial charge in [0.15, 0.2) is 17.7 Å². The van der Waals surface area contributed by atoms with E-state index in [1.807, 2.05) is 0 Å². The summed E-state index contributed by atoms with van der Waals surface area (Å²) in [5.74, 6) is -1.02. The molecule has 1 atom stereocenters. The fourth-order valence-corrected chi connectivity index (χ4v) is 4.22. The summed E-state index contributed by atoms with van der Waals surface area (Å²) in [5, 5.41) is 27.6. The molecule has 214 valence electrons. The fraction of sp³-hybridized carbons (Fsp3) is 0.217. The molecule has 1 aromatic carbocycles. The Kier molecular flexibility index (Phi) is 7.63. The Morgan fingerprint density at radius 3 is 2.54 bits per heavy atom. The van der Waals surface area contributed by atoms with Gasteiger partial charge in [-0.2, -0.15) is 36.9 Å². The third kappa shape index (κ3) is 5.85. The first-order valence-electron chi connectivity index (χ1n) is 11.5. The van der Waals surface area contributed by atoms with Gasteiger partial charge >= 0.3 is 12.8 Å². The molecule has 0 aliphatic carbocycles. The molecule has 0 aliphatic heterocycles. The third-order valence-electron chi connectivity index (χ3n) is 5.90.